The van der Waals surface area contributed by atoms with Gasteiger partial charge in [0.1, 0.15) is 5.69 Å². The predicted molar refractivity (Wildman–Crippen MR) is 121 cm³/mol. The molecule has 3 aromatic heterocycles. The van der Waals surface area contributed by atoms with E-state index in [1.54, 1.807) is 35.8 Å². The van der Waals surface area contributed by atoms with E-state index >= 15 is 0 Å². The molecule has 9 nitrogen and oxygen atoms in total. The Labute approximate surface area is 187 Å². The number of rotatable bonds is 6. The van der Waals surface area contributed by atoms with Gasteiger partial charge < -0.3 is 15.2 Å². The number of carbonyl (C=O) groups is 1. The van der Waals surface area contributed by atoms with E-state index in [-0.39, 0.29) is 20.0 Å². The first-order valence-corrected chi connectivity index (χ1v) is 11.2. The van der Waals surface area contributed by atoms with Gasteiger partial charge in [0.15, 0.2) is 5.82 Å². The monoisotopic (exact) mass is 446 g/mol. The van der Waals surface area contributed by atoms with Crippen LogP contribution in [0.1, 0.15) is 44.0 Å². The van der Waals surface area contributed by atoms with Crippen molar-refractivity contribution >= 4 is 17.2 Å². The molecule has 0 atom stereocenters. The molecule has 0 saturated heterocycles. The SMILES string of the molecule is COCCO.Cn1cc(-c2cc(C(=O)NC3CCCCC3)nc(-c3cncs3)n2)cn1.[HH]. The average molecular weight is 447 g/mol. The van der Waals surface area contributed by atoms with Gasteiger partial charge in [-0.2, -0.15) is 5.10 Å². The van der Waals surface area contributed by atoms with Crippen LogP contribution in [0.5, 0.6) is 0 Å². The minimum absolute atomic E-state index is 0. The molecule has 3 heterocycles. The number of aliphatic hydroxyl groups is 1. The second kappa shape index (κ2) is 11.6. The lowest BCUT2D eigenvalue weighted by Crippen LogP contribution is -2.36. The van der Waals surface area contributed by atoms with E-state index in [1.165, 1.54) is 30.6 Å². The van der Waals surface area contributed by atoms with Crippen LogP contribution >= 0.6 is 11.3 Å². The summed E-state index contributed by atoms with van der Waals surface area (Å²) in [4.78, 5) is 26.8. The second-order valence-electron chi connectivity index (χ2n) is 7.26. The molecule has 0 bridgehead atoms. The largest absolute Gasteiger partial charge is 0.394 e. The first-order chi connectivity index (χ1) is 15.1. The number of carbonyl (C=O) groups excluding carboxylic acids is 1. The lowest BCUT2D eigenvalue weighted by molar-refractivity contribution is 0.0922. The van der Waals surface area contributed by atoms with Crippen molar-refractivity contribution in [3.63, 3.8) is 0 Å². The van der Waals surface area contributed by atoms with Gasteiger partial charge in [0, 0.05) is 39.6 Å². The molecule has 1 fully saturated rings. The number of ether oxygens (including phenoxy) is 1. The fraction of sp³-hybridized carbons (Fsp3) is 0.476. The topological polar surface area (TPSA) is 115 Å². The predicted octanol–water partition coefficient (Wildman–Crippen LogP) is 2.93. The van der Waals surface area contributed by atoms with Gasteiger partial charge in [-0.05, 0) is 18.9 Å². The first kappa shape index (κ1) is 23.0. The number of hydrogen-bond donors (Lipinski definition) is 2. The van der Waals surface area contributed by atoms with Crippen molar-refractivity contribution in [1.82, 2.24) is 30.0 Å². The van der Waals surface area contributed by atoms with Crippen LogP contribution in [0.25, 0.3) is 22.0 Å². The van der Waals surface area contributed by atoms with Gasteiger partial charge in [0.25, 0.3) is 5.91 Å². The summed E-state index contributed by atoms with van der Waals surface area (Å²) >= 11 is 1.45. The van der Waals surface area contributed by atoms with Crippen molar-refractivity contribution in [3.8, 4) is 22.0 Å². The number of hydrogen-bond acceptors (Lipinski definition) is 8. The molecule has 2 N–H and O–H groups in total. The standard InChI is InChI=1S/C18H20N6OS.C3H8O2.H2/c1-24-10-12(8-20-24)14-7-15(18(25)21-13-5-3-2-4-6-13)23-17(22-14)16-9-19-11-26-16;1-5-3-2-4;/h7-11,13H,2-6H2,1H3,(H,21,25);4H,2-3H2,1H3;1H. The highest BCUT2D eigenvalue weighted by atomic mass is 32.1. The molecule has 168 valence electrons. The van der Waals surface area contributed by atoms with E-state index in [4.69, 9.17) is 5.11 Å². The number of amides is 1. The van der Waals surface area contributed by atoms with Crippen molar-refractivity contribution in [3.05, 3.63) is 35.9 Å². The Morgan fingerprint density at radius 2 is 2.13 bits per heavy atom. The number of aromatic nitrogens is 5. The van der Waals surface area contributed by atoms with Crippen LogP contribution < -0.4 is 5.32 Å². The molecule has 1 saturated carbocycles. The Balaban J connectivity index is 0.000000548. The molecular formula is C21H30N6O3S. The molecule has 0 aromatic carbocycles. The van der Waals surface area contributed by atoms with Crippen molar-refractivity contribution in [2.75, 3.05) is 20.3 Å². The van der Waals surface area contributed by atoms with E-state index in [1.807, 2.05) is 13.2 Å². The van der Waals surface area contributed by atoms with Crippen molar-refractivity contribution < 1.29 is 16.1 Å². The smallest absolute Gasteiger partial charge is 0.270 e. The third-order valence-corrected chi connectivity index (χ3v) is 5.62. The molecule has 0 unspecified atom stereocenters. The number of nitrogens with zero attached hydrogens (tertiary/aromatic N) is 5. The minimum Gasteiger partial charge on any atom is -0.394 e. The quantitative estimate of drug-likeness (QED) is 0.598. The summed E-state index contributed by atoms with van der Waals surface area (Å²) in [5, 5.41) is 15.3. The zero-order valence-electron chi connectivity index (χ0n) is 17.8. The normalized spacial score (nSPS) is 14.0. The molecule has 0 aliphatic heterocycles. The summed E-state index contributed by atoms with van der Waals surface area (Å²) in [6, 6.07) is 1.97. The summed E-state index contributed by atoms with van der Waals surface area (Å²) in [5.74, 6) is 0.373. The molecule has 10 heteroatoms. The van der Waals surface area contributed by atoms with E-state index in [2.05, 4.69) is 30.1 Å². The van der Waals surface area contributed by atoms with E-state index < -0.39 is 0 Å². The van der Waals surface area contributed by atoms with Crippen LogP contribution in [0, 0.1) is 0 Å². The van der Waals surface area contributed by atoms with Crippen LogP contribution in [0.2, 0.25) is 0 Å². The van der Waals surface area contributed by atoms with E-state index in [9.17, 15) is 4.79 Å². The van der Waals surface area contributed by atoms with Crippen LogP contribution in [0.4, 0.5) is 0 Å². The summed E-state index contributed by atoms with van der Waals surface area (Å²) in [5.41, 5.74) is 3.66. The summed E-state index contributed by atoms with van der Waals surface area (Å²) < 4.78 is 6.15. The van der Waals surface area contributed by atoms with Gasteiger partial charge in [-0.1, -0.05) is 19.3 Å². The highest BCUT2D eigenvalue weighted by Gasteiger charge is 2.20. The zero-order valence-corrected chi connectivity index (χ0v) is 18.6. The maximum atomic E-state index is 12.8. The molecule has 1 aliphatic rings. The van der Waals surface area contributed by atoms with Crippen LogP contribution in [-0.2, 0) is 11.8 Å². The van der Waals surface area contributed by atoms with Gasteiger partial charge >= 0.3 is 0 Å². The average Bonchev–Trinajstić information content (AvgIpc) is 3.47. The second-order valence-corrected chi connectivity index (χ2v) is 8.14. The Morgan fingerprint density at radius 3 is 2.71 bits per heavy atom. The van der Waals surface area contributed by atoms with Crippen molar-refractivity contribution in [2.24, 2.45) is 7.05 Å². The van der Waals surface area contributed by atoms with Gasteiger partial charge in [0.2, 0.25) is 0 Å². The zero-order chi connectivity index (χ0) is 22.1. The number of thiazole rings is 1. The maximum absolute atomic E-state index is 12.8. The molecule has 4 rings (SSSR count). The highest BCUT2D eigenvalue weighted by Crippen LogP contribution is 2.25. The van der Waals surface area contributed by atoms with Gasteiger partial charge in [-0.25, -0.2) is 9.97 Å². The molecule has 3 aromatic rings. The number of methoxy groups -OCH3 is 1. The number of aliphatic hydroxyl groups excluding tert-OH is 1. The molecule has 0 radical (unpaired) electrons. The lowest BCUT2D eigenvalue weighted by Gasteiger charge is -2.22. The summed E-state index contributed by atoms with van der Waals surface area (Å²) in [7, 11) is 3.40. The van der Waals surface area contributed by atoms with Crippen LogP contribution in [0.3, 0.4) is 0 Å². The Bertz CT molecular complexity index is 958. The van der Waals surface area contributed by atoms with Crippen molar-refractivity contribution in [1.29, 1.82) is 0 Å². The lowest BCUT2D eigenvalue weighted by atomic mass is 9.95. The molecule has 1 amide bonds. The van der Waals surface area contributed by atoms with Gasteiger partial charge in [-0.3, -0.25) is 14.5 Å². The van der Waals surface area contributed by atoms with Crippen LogP contribution in [-0.4, -0.2) is 62.1 Å². The van der Waals surface area contributed by atoms with Crippen LogP contribution in [0.15, 0.2) is 30.2 Å². The number of nitrogens with one attached hydrogen (secondary N) is 1. The third-order valence-electron chi connectivity index (χ3n) is 4.85. The molecule has 0 spiro atoms. The molecule has 1 aliphatic carbocycles. The Kier molecular flexibility index (Phi) is 8.63. The van der Waals surface area contributed by atoms with E-state index in [0.29, 0.717) is 23.8 Å². The maximum Gasteiger partial charge on any atom is 0.270 e. The van der Waals surface area contributed by atoms with Gasteiger partial charge in [0.05, 0.1) is 35.5 Å². The number of aryl methyl sites for hydroxylation is 1. The first-order valence-electron chi connectivity index (χ1n) is 10.3. The van der Waals surface area contributed by atoms with Crippen molar-refractivity contribution in [2.45, 2.75) is 38.1 Å². The summed E-state index contributed by atoms with van der Waals surface area (Å²) in [6.07, 6.45) is 11.0. The molecular weight excluding hydrogens is 416 g/mol. The minimum atomic E-state index is -0.143. The molecule has 31 heavy (non-hydrogen) atoms. The Hall–Kier alpha value is -2.69. The Morgan fingerprint density at radius 1 is 1.32 bits per heavy atom. The fourth-order valence-electron chi connectivity index (χ4n) is 3.30. The van der Waals surface area contributed by atoms with E-state index in [0.717, 1.165) is 23.3 Å². The van der Waals surface area contributed by atoms with Gasteiger partial charge in [-0.15, -0.1) is 11.3 Å². The highest BCUT2D eigenvalue weighted by molar-refractivity contribution is 7.13. The third kappa shape index (κ3) is 6.65. The fourth-order valence-corrected chi connectivity index (χ4v) is 3.85. The summed E-state index contributed by atoms with van der Waals surface area (Å²) in [6.45, 7) is 0.566.